The Kier molecular flexibility index (Phi) is 6.93. The molecule has 3 aromatic rings. The predicted octanol–water partition coefficient (Wildman–Crippen LogP) is 5.49. The van der Waals surface area contributed by atoms with Gasteiger partial charge in [-0.25, -0.2) is 13.6 Å². The van der Waals surface area contributed by atoms with E-state index < -0.39 is 10.0 Å². The Bertz CT molecular complexity index is 1120. The molecule has 0 aliphatic rings. The van der Waals surface area contributed by atoms with Gasteiger partial charge in [-0.2, -0.15) is 0 Å². The highest BCUT2D eigenvalue weighted by molar-refractivity contribution is 7.89. The summed E-state index contributed by atoms with van der Waals surface area (Å²) in [5, 5.41) is 9.98. The van der Waals surface area contributed by atoms with Crippen molar-refractivity contribution in [3.8, 4) is 5.75 Å². The highest BCUT2D eigenvalue weighted by atomic mass is 35.5. The van der Waals surface area contributed by atoms with Gasteiger partial charge in [0.1, 0.15) is 12.4 Å². The highest BCUT2D eigenvalue weighted by Crippen LogP contribution is 2.27. The predicted molar refractivity (Wildman–Crippen MR) is 117 cm³/mol. The summed E-state index contributed by atoms with van der Waals surface area (Å²) in [6.45, 7) is 0.687. The summed E-state index contributed by atoms with van der Waals surface area (Å²) in [6, 6.07) is 16.7. The van der Waals surface area contributed by atoms with Gasteiger partial charge in [0, 0.05) is 38.4 Å². The molecule has 0 bridgehead atoms. The van der Waals surface area contributed by atoms with Gasteiger partial charge in [0.05, 0.1) is 4.90 Å². The fourth-order valence-corrected chi connectivity index (χ4v) is 3.75. The zero-order valence-corrected chi connectivity index (χ0v) is 18.1. The Balaban J connectivity index is 1.71. The van der Waals surface area contributed by atoms with E-state index in [0.717, 1.165) is 16.8 Å². The van der Waals surface area contributed by atoms with Gasteiger partial charge in [0.2, 0.25) is 10.0 Å². The molecular weight excluding hydrogens is 455 g/mol. The topological polar surface area (TPSA) is 81.4 Å². The van der Waals surface area contributed by atoms with Crippen molar-refractivity contribution in [1.29, 1.82) is 0 Å². The zero-order chi connectivity index (χ0) is 21.0. The molecule has 0 aliphatic heterocycles. The molecule has 3 N–H and O–H groups in total. The first-order chi connectivity index (χ1) is 13.7. The van der Waals surface area contributed by atoms with Crippen LogP contribution in [0.2, 0.25) is 15.1 Å². The van der Waals surface area contributed by atoms with E-state index >= 15 is 0 Å². The van der Waals surface area contributed by atoms with Gasteiger partial charge >= 0.3 is 0 Å². The summed E-state index contributed by atoms with van der Waals surface area (Å²) < 4.78 is 28.6. The molecule has 0 radical (unpaired) electrons. The van der Waals surface area contributed by atoms with Crippen LogP contribution in [-0.2, 0) is 23.2 Å². The van der Waals surface area contributed by atoms with Crippen LogP contribution < -0.4 is 15.2 Å². The standard InChI is InChI=1S/C20H17Cl3N2O3S/c21-15-3-8-20(28-12-13-1-2-16(22)10-19(13)23)14(9-15)11-25-17-4-6-18(7-5-17)29(24,26)27/h1-10,25H,11-12H2,(H2,24,26,27). The van der Waals surface area contributed by atoms with Gasteiger partial charge in [-0.3, -0.25) is 0 Å². The molecule has 29 heavy (non-hydrogen) atoms. The number of nitrogens with two attached hydrogens (primary N) is 1. The Morgan fingerprint density at radius 3 is 2.17 bits per heavy atom. The maximum absolute atomic E-state index is 11.3. The number of anilines is 1. The van der Waals surface area contributed by atoms with Crippen LogP contribution in [0.1, 0.15) is 11.1 Å². The summed E-state index contributed by atoms with van der Waals surface area (Å²) in [7, 11) is -3.72. The van der Waals surface area contributed by atoms with Crippen molar-refractivity contribution < 1.29 is 13.2 Å². The Morgan fingerprint density at radius 2 is 1.52 bits per heavy atom. The van der Waals surface area contributed by atoms with E-state index in [-0.39, 0.29) is 11.5 Å². The number of halogens is 3. The average molecular weight is 472 g/mol. The van der Waals surface area contributed by atoms with Crippen molar-refractivity contribution >= 4 is 50.5 Å². The summed E-state index contributed by atoms with van der Waals surface area (Å²) in [5.74, 6) is 0.647. The van der Waals surface area contributed by atoms with Crippen molar-refractivity contribution in [2.75, 3.05) is 5.32 Å². The third kappa shape index (κ3) is 6.01. The zero-order valence-electron chi connectivity index (χ0n) is 15.0. The third-order valence-corrected chi connectivity index (χ3v) is 5.84. The molecule has 0 aromatic heterocycles. The number of hydrogen-bond acceptors (Lipinski definition) is 4. The molecule has 0 heterocycles. The Labute approximate surface area is 184 Å². The maximum atomic E-state index is 11.3. The van der Waals surface area contributed by atoms with Crippen LogP contribution in [-0.4, -0.2) is 8.42 Å². The second-order valence-corrected chi connectivity index (χ2v) is 9.04. The second-order valence-electron chi connectivity index (χ2n) is 6.20. The van der Waals surface area contributed by atoms with Crippen molar-refractivity contribution in [3.05, 3.63) is 86.9 Å². The minimum atomic E-state index is -3.72. The van der Waals surface area contributed by atoms with Crippen LogP contribution >= 0.6 is 34.8 Å². The van der Waals surface area contributed by atoms with E-state index in [0.29, 0.717) is 27.4 Å². The first-order valence-electron chi connectivity index (χ1n) is 8.44. The number of benzene rings is 3. The Hall–Kier alpha value is -1.96. The SMILES string of the molecule is NS(=O)(=O)c1ccc(NCc2cc(Cl)ccc2OCc2ccc(Cl)cc2Cl)cc1. The molecule has 5 nitrogen and oxygen atoms in total. The molecule has 3 rings (SSSR count). The molecule has 0 saturated carbocycles. The quantitative estimate of drug-likeness (QED) is 0.478. The van der Waals surface area contributed by atoms with Crippen molar-refractivity contribution in [3.63, 3.8) is 0 Å². The highest BCUT2D eigenvalue weighted by Gasteiger charge is 2.09. The number of hydrogen-bond donors (Lipinski definition) is 2. The van der Waals surface area contributed by atoms with E-state index in [9.17, 15) is 8.42 Å². The van der Waals surface area contributed by atoms with E-state index in [1.165, 1.54) is 12.1 Å². The van der Waals surface area contributed by atoms with E-state index in [1.54, 1.807) is 42.5 Å². The normalized spacial score (nSPS) is 11.3. The van der Waals surface area contributed by atoms with Gasteiger partial charge in [-0.15, -0.1) is 0 Å². The maximum Gasteiger partial charge on any atom is 0.238 e. The monoisotopic (exact) mass is 470 g/mol. The summed E-state index contributed by atoms with van der Waals surface area (Å²) in [4.78, 5) is 0.0506. The minimum absolute atomic E-state index is 0.0506. The van der Waals surface area contributed by atoms with Crippen LogP contribution in [0.25, 0.3) is 0 Å². The number of ether oxygens (including phenoxy) is 1. The minimum Gasteiger partial charge on any atom is -0.488 e. The van der Waals surface area contributed by atoms with Gasteiger partial charge in [-0.05, 0) is 54.6 Å². The van der Waals surface area contributed by atoms with Gasteiger partial charge in [0.25, 0.3) is 0 Å². The van der Waals surface area contributed by atoms with Crippen LogP contribution in [0.5, 0.6) is 5.75 Å². The van der Waals surface area contributed by atoms with Crippen LogP contribution in [0, 0.1) is 0 Å². The number of rotatable bonds is 7. The molecule has 0 amide bonds. The fourth-order valence-electron chi connectivity index (χ4n) is 2.58. The smallest absolute Gasteiger partial charge is 0.238 e. The number of nitrogens with one attached hydrogen (secondary N) is 1. The summed E-state index contributed by atoms with van der Waals surface area (Å²) in [6.07, 6.45) is 0. The Morgan fingerprint density at radius 1 is 0.862 bits per heavy atom. The summed E-state index contributed by atoms with van der Waals surface area (Å²) in [5.41, 5.74) is 2.37. The lowest BCUT2D eigenvalue weighted by Crippen LogP contribution is -2.12. The average Bonchev–Trinajstić information content (AvgIpc) is 2.66. The summed E-state index contributed by atoms with van der Waals surface area (Å²) >= 11 is 18.2. The lowest BCUT2D eigenvalue weighted by atomic mass is 10.2. The largest absolute Gasteiger partial charge is 0.488 e. The lowest BCUT2D eigenvalue weighted by Gasteiger charge is -2.14. The molecule has 0 spiro atoms. The molecule has 0 unspecified atom stereocenters. The first-order valence-corrected chi connectivity index (χ1v) is 11.1. The fraction of sp³-hybridized carbons (Fsp3) is 0.100. The molecule has 152 valence electrons. The molecule has 0 atom stereocenters. The first kappa shape index (κ1) is 21.7. The molecule has 3 aromatic carbocycles. The van der Waals surface area contributed by atoms with Crippen LogP contribution in [0.3, 0.4) is 0 Å². The van der Waals surface area contributed by atoms with E-state index in [4.69, 9.17) is 44.7 Å². The second kappa shape index (κ2) is 9.24. The van der Waals surface area contributed by atoms with Crippen molar-refractivity contribution in [2.24, 2.45) is 5.14 Å². The lowest BCUT2D eigenvalue weighted by molar-refractivity contribution is 0.303. The molecular formula is C20H17Cl3N2O3S. The van der Waals surface area contributed by atoms with Crippen molar-refractivity contribution in [1.82, 2.24) is 0 Å². The molecule has 0 saturated heterocycles. The van der Waals surface area contributed by atoms with Crippen LogP contribution in [0.4, 0.5) is 5.69 Å². The van der Waals surface area contributed by atoms with Gasteiger partial charge < -0.3 is 10.1 Å². The number of sulfonamides is 1. The van der Waals surface area contributed by atoms with E-state index in [1.807, 2.05) is 6.07 Å². The van der Waals surface area contributed by atoms with Gasteiger partial charge in [-0.1, -0.05) is 40.9 Å². The molecule has 0 aliphatic carbocycles. The van der Waals surface area contributed by atoms with Crippen LogP contribution in [0.15, 0.2) is 65.6 Å². The third-order valence-electron chi connectivity index (χ3n) is 4.09. The molecule has 0 fully saturated rings. The molecule has 9 heteroatoms. The van der Waals surface area contributed by atoms with E-state index in [2.05, 4.69) is 5.32 Å². The van der Waals surface area contributed by atoms with Gasteiger partial charge in [0.15, 0.2) is 0 Å². The number of primary sulfonamides is 1. The van der Waals surface area contributed by atoms with Crippen molar-refractivity contribution in [2.45, 2.75) is 18.0 Å².